The van der Waals surface area contributed by atoms with Gasteiger partial charge in [0.25, 0.3) is 5.56 Å². The Labute approximate surface area is 175 Å². The fourth-order valence-electron chi connectivity index (χ4n) is 4.24. The number of aromatic amines is 1. The zero-order valence-electron chi connectivity index (χ0n) is 17.5. The Morgan fingerprint density at radius 2 is 2.03 bits per heavy atom. The summed E-state index contributed by atoms with van der Waals surface area (Å²) in [6.45, 7) is 6.49. The molecule has 0 fully saturated rings. The van der Waals surface area contributed by atoms with Crippen molar-refractivity contribution < 1.29 is 4.79 Å². The van der Waals surface area contributed by atoms with Crippen molar-refractivity contribution in [1.29, 1.82) is 0 Å². The minimum absolute atomic E-state index is 0.163. The average molecular weight is 413 g/mol. The third kappa shape index (κ3) is 4.22. The third-order valence-electron chi connectivity index (χ3n) is 5.85. The van der Waals surface area contributed by atoms with E-state index >= 15 is 0 Å². The second-order valence-corrected chi connectivity index (χ2v) is 8.92. The molecule has 1 aliphatic carbocycles. The summed E-state index contributed by atoms with van der Waals surface area (Å²) < 4.78 is 0. The van der Waals surface area contributed by atoms with E-state index in [-0.39, 0.29) is 11.5 Å². The van der Waals surface area contributed by atoms with Crippen LogP contribution in [-0.4, -0.2) is 17.1 Å². The molecular weight excluding hydrogens is 384 g/mol. The minimum atomic E-state index is -1.02. The van der Waals surface area contributed by atoms with E-state index in [4.69, 9.17) is 0 Å². The molecular formula is C23H28N2O3S. The number of aryl methyl sites for hydroxylation is 1. The van der Waals surface area contributed by atoms with Crippen molar-refractivity contribution in [1.82, 2.24) is 4.98 Å². The smallest absolute Gasteiger partial charge is 0.321 e. The summed E-state index contributed by atoms with van der Waals surface area (Å²) in [5, 5.41) is 2.44. The van der Waals surface area contributed by atoms with Gasteiger partial charge in [0.05, 0.1) is 5.69 Å². The van der Waals surface area contributed by atoms with E-state index in [1.807, 2.05) is 0 Å². The van der Waals surface area contributed by atoms with Crippen LogP contribution < -0.4 is 5.56 Å². The number of pyridine rings is 1. The zero-order chi connectivity index (χ0) is 21.1. The predicted octanol–water partition coefficient (Wildman–Crippen LogP) is 5.70. The van der Waals surface area contributed by atoms with Gasteiger partial charge in [0.15, 0.2) is 0 Å². The summed E-state index contributed by atoms with van der Waals surface area (Å²) in [5.41, 5.74) is 4.60. The van der Waals surface area contributed by atoms with E-state index in [1.165, 1.54) is 35.3 Å². The monoisotopic (exact) mass is 412 g/mol. The summed E-state index contributed by atoms with van der Waals surface area (Å²) in [6, 6.07) is 6.06. The Bertz CT molecular complexity index is 994. The van der Waals surface area contributed by atoms with Crippen LogP contribution in [0.1, 0.15) is 73.0 Å². The van der Waals surface area contributed by atoms with E-state index in [0.29, 0.717) is 5.92 Å². The lowest BCUT2D eigenvalue weighted by Crippen LogP contribution is -2.24. The molecule has 1 aliphatic rings. The van der Waals surface area contributed by atoms with Gasteiger partial charge in [-0.25, -0.2) is 0 Å². The van der Waals surface area contributed by atoms with E-state index < -0.39 is 11.5 Å². The van der Waals surface area contributed by atoms with Crippen molar-refractivity contribution in [3.05, 3.63) is 55.7 Å². The highest BCUT2D eigenvalue weighted by atomic mass is 32.2. The predicted molar refractivity (Wildman–Crippen MR) is 119 cm³/mol. The molecule has 1 amide bonds. The average Bonchev–Trinajstić information content (AvgIpc) is 2.71. The number of unbranched alkanes of at least 4 members (excludes halogenated alkanes) is 2. The van der Waals surface area contributed by atoms with Gasteiger partial charge in [-0.1, -0.05) is 39.7 Å². The Morgan fingerprint density at radius 1 is 1.28 bits per heavy atom. The fourth-order valence-corrected chi connectivity index (χ4v) is 4.90. The number of hydrogen-bond acceptors (Lipinski definition) is 4. The van der Waals surface area contributed by atoms with Crippen molar-refractivity contribution in [2.45, 2.75) is 63.7 Å². The highest BCUT2D eigenvalue weighted by Gasteiger charge is 2.30. The molecule has 6 heteroatoms. The van der Waals surface area contributed by atoms with Crippen molar-refractivity contribution >= 4 is 17.7 Å². The molecule has 1 aromatic carbocycles. The molecule has 1 unspecified atom stereocenters. The molecule has 0 aliphatic heterocycles. The molecule has 0 spiro atoms. The number of thioether (sulfide) groups is 1. The number of benzene rings is 1. The number of hydrogen-bond donors (Lipinski definition) is 1. The molecule has 5 nitrogen and oxygen atoms in total. The molecule has 154 valence electrons. The minimum Gasteiger partial charge on any atom is -0.321 e. The van der Waals surface area contributed by atoms with Gasteiger partial charge in [-0.3, -0.25) is 9.59 Å². The van der Waals surface area contributed by atoms with Crippen LogP contribution in [0, 0.1) is 10.8 Å². The van der Waals surface area contributed by atoms with Crippen LogP contribution >= 0.6 is 11.8 Å². The number of nitroso groups, excluding NO2 is 1. The number of nitrogens with zero attached hydrogens (tertiary/aromatic N) is 1. The number of carbonyl (C=O) groups is 1. The molecule has 0 saturated carbocycles. The van der Waals surface area contributed by atoms with Crippen molar-refractivity contribution in [2.75, 3.05) is 6.26 Å². The largest absolute Gasteiger partial charge is 0.322 e. The van der Waals surface area contributed by atoms with Crippen molar-refractivity contribution in [3.63, 3.8) is 0 Å². The Morgan fingerprint density at radius 3 is 2.66 bits per heavy atom. The number of rotatable bonds is 7. The molecule has 0 radical (unpaired) electrons. The molecule has 0 bridgehead atoms. The normalized spacial score (nSPS) is 15.1. The van der Waals surface area contributed by atoms with Crippen LogP contribution in [0.5, 0.6) is 0 Å². The maximum absolute atomic E-state index is 12.5. The SMILES string of the molecule is CCCCCc1cc2c(cc1SC)-c1[nH]c(=O)c(C(=O)N=O)cc1C(C(C)C)C2. The molecule has 1 atom stereocenters. The Hall–Kier alpha value is -2.21. The highest BCUT2D eigenvalue weighted by molar-refractivity contribution is 7.98. The number of nitrogens with one attached hydrogen (secondary N) is 1. The topological polar surface area (TPSA) is 79.4 Å². The van der Waals surface area contributed by atoms with Gasteiger partial charge in [0, 0.05) is 15.6 Å². The van der Waals surface area contributed by atoms with Crippen LogP contribution in [0.3, 0.4) is 0 Å². The number of carbonyl (C=O) groups excluding carboxylic acids is 1. The summed E-state index contributed by atoms with van der Waals surface area (Å²) in [5.74, 6) is -0.529. The maximum Gasteiger partial charge on any atom is 0.322 e. The maximum atomic E-state index is 12.5. The van der Waals surface area contributed by atoms with Crippen LogP contribution in [0.25, 0.3) is 11.3 Å². The van der Waals surface area contributed by atoms with E-state index in [2.05, 4.69) is 49.3 Å². The van der Waals surface area contributed by atoms with E-state index in [9.17, 15) is 14.5 Å². The number of H-pyrrole nitrogens is 1. The lowest BCUT2D eigenvalue weighted by molar-refractivity contribution is 0.0999. The van der Waals surface area contributed by atoms with Gasteiger partial charge in [-0.15, -0.1) is 16.7 Å². The summed E-state index contributed by atoms with van der Waals surface area (Å²) in [7, 11) is 0. The van der Waals surface area contributed by atoms with Crippen LogP contribution in [0.2, 0.25) is 0 Å². The van der Waals surface area contributed by atoms with Gasteiger partial charge in [-0.05, 0) is 66.2 Å². The van der Waals surface area contributed by atoms with Gasteiger partial charge < -0.3 is 4.98 Å². The van der Waals surface area contributed by atoms with Gasteiger partial charge in [-0.2, -0.15) is 0 Å². The molecule has 1 heterocycles. The molecule has 2 aromatic rings. The first-order valence-corrected chi connectivity index (χ1v) is 11.5. The second kappa shape index (κ2) is 9.08. The first kappa shape index (κ1) is 21.5. The van der Waals surface area contributed by atoms with Gasteiger partial charge in [0.2, 0.25) is 0 Å². The molecule has 3 rings (SSSR count). The third-order valence-corrected chi connectivity index (χ3v) is 6.67. The van der Waals surface area contributed by atoms with Crippen LogP contribution in [0.4, 0.5) is 0 Å². The summed E-state index contributed by atoms with van der Waals surface area (Å²) in [6.07, 6.45) is 7.58. The lowest BCUT2D eigenvalue weighted by Gasteiger charge is -2.31. The van der Waals surface area contributed by atoms with Gasteiger partial charge in [0.1, 0.15) is 5.56 Å². The van der Waals surface area contributed by atoms with Crippen LogP contribution in [-0.2, 0) is 12.8 Å². The van der Waals surface area contributed by atoms with E-state index in [1.54, 1.807) is 17.8 Å². The number of amides is 1. The molecule has 29 heavy (non-hydrogen) atoms. The highest BCUT2D eigenvalue weighted by Crippen LogP contribution is 2.43. The lowest BCUT2D eigenvalue weighted by atomic mass is 9.75. The van der Waals surface area contributed by atoms with Gasteiger partial charge >= 0.3 is 5.91 Å². The second-order valence-electron chi connectivity index (χ2n) is 8.07. The number of aromatic nitrogens is 1. The zero-order valence-corrected chi connectivity index (χ0v) is 18.3. The fraction of sp³-hybridized carbons (Fsp3) is 0.478. The molecule has 0 saturated heterocycles. The Kier molecular flexibility index (Phi) is 6.73. The quantitative estimate of drug-likeness (QED) is 0.359. The first-order valence-electron chi connectivity index (χ1n) is 10.3. The first-order chi connectivity index (χ1) is 13.9. The standard InChI is InChI=1S/C23H28N2O3S/c1-5-6-7-8-14-9-15-10-16(13(2)3)18-11-19(23(27)25-28)22(26)24-21(18)17(15)12-20(14)29-4/h9,11-13,16H,5-8,10H2,1-4H3,(H,24,26). The molecule has 1 aromatic heterocycles. The van der Waals surface area contributed by atoms with Crippen molar-refractivity contribution in [3.8, 4) is 11.3 Å². The summed E-state index contributed by atoms with van der Waals surface area (Å²) in [4.78, 5) is 39.1. The number of fused-ring (bicyclic) bond motifs is 3. The van der Waals surface area contributed by atoms with Crippen molar-refractivity contribution in [2.24, 2.45) is 11.1 Å². The van der Waals surface area contributed by atoms with E-state index in [0.717, 1.165) is 29.7 Å². The summed E-state index contributed by atoms with van der Waals surface area (Å²) >= 11 is 1.72. The molecule has 1 N–H and O–H groups in total. The Balaban J connectivity index is 2.17. The van der Waals surface area contributed by atoms with Crippen LogP contribution in [0.15, 0.2) is 33.1 Å².